The van der Waals surface area contributed by atoms with Crippen LogP contribution in [-0.2, 0) is 20.3 Å². The zero-order valence-corrected chi connectivity index (χ0v) is 16.2. The summed E-state index contributed by atoms with van der Waals surface area (Å²) in [5.74, 6) is 0. The van der Waals surface area contributed by atoms with E-state index < -0.39 is 15.5 Å². The zero-order valence-electron chi connectivity index (χ0n) is 14.5. The predicted molar refractivity (Wildman–Crippen MR) is 105 cm³/mol. The molecule has 3 rings (SSSR count). The number of halogens is 1. The maximum atomic E-state index is 13.7. The lowest BCUT2D eigenvalue weighted by atomic mass is 9.82. The van der Waals surface area contributed by atoms with E-state index in [1.807, 2.05) is 13.1 Å². The fraction of sp³-hybridized carbons (Fsp3) is 0.400. The summed E-state index contributed by atoms with van der Waals surface area (Å²) in [6.07, 6.45) is 1.90. The molecule has 0 saturated carbocycles. The van der Waals surface area contributed by atoms with Gasteiger partial charge in [0.2, 0.25) is 0 Å². The third kappa shape index (κ3) is 2.83. The van der Waals surface area contributed by atoms with Crippen molar-refractivity contribution >= 4 is 23.2 Å². The van der Waals surface area contributed by atoms with Crippen molar-refractivity contribution in [3.63, 3.8) is 0 Å². The number of hydrogen-bond acceptors (Lipinski definition) is 2. The minimum atomic E-state index is -1.01. The van der Waals surface area contributed by atoms with Crippen LogP contribution < -0.4 is 5.32 Å². The smallest absolute Gasteiger partial charge is 0.0968 e. The highest BCUT2D eigenvalue weighted by molar-refractivity contribution is 7.87. The van der Waals surface area contributed by atoms with E-state index in [0.29, 0.717) is 0 Å². The Hall–Kier alpha value is -1.16. The highest BCUT2D eigenvalue weighted by Gasteiger charge is 2.54. The zero-order chi connectivity index (χ0) is 16.5. The van der Waals surface area contributed by atoms with E-state index in [9.17, 15) is 4.21 Å². The first-order chi connectivity index (χ1) is 11.0. The monoisotopic (exact) mass is 363 g/mol. The lowest BCUT2D eigenvalue weighted by Crippen LogP contribution is -2.34. The number of nitrogens with one attached hydrogen (secondary N) is 1. The van der Waals surface area contributed by atoms with E-state index in [1.165, 1.54) is 16.7 Å². The fourth-order valence-electron chi connectivity index (χ4n) is 3.85. The largest absolute Gasteiger partial charge is 0.320 e. The minimum absolute atomic E-state index is 0. The second-order valence-electron chi connectivity index (χ2n) is 6.72. The number of hydrogen-bond donors (Lipinski definition) is 1. The Morgan fingerprint density at radius 3 is 2.17 bits per heavy atom. The van der Waals surface area contributed by atoms with Crippen molar-refractivity contribution in [2.24, 2.45) is 0 Å². The minimum Gasteiger partial charge on any atom is -0.320 e. The van der Waals surface area contributed by atoms with Crippen LogP contribution in [-0.4, -0.2) is 17.8 Å². The molecule has 24 heavy (non-hydrogen) atoms. The van der Waals surface area contributed by atoms with Crippen molar-refractivity contribution in [1.82, 2.24) is 5.32 Å². The van der Waals surface area contributed by atoms with E-state index in [4.69, 9.17) is 0 Å². The van der Waals surface area contributed by atoms with Gasteiger partial charge in [-0.25, -0.2) is 0 Å². The summed E-state index contributed by atoms with van der Waals surface area (Å²) in [6, 6.07) is 18.9. The van der Waals surface area contributed by atoms with Crippen LogP contribution in [0.2, 0.25) is 0 Å². The molecule has 2 aromatic rings. The van der Waals surface area contributed by atoms with Gasteiger partial charge in [0.25, 0.3) is 0 Å². The number of fused-ring (bicyclic) bond motifs is 1. The van der Waals surface area contributed by atoms with Gasteiger partial charge in [0, 0.05) is 10.8 Å². The van der Waals surface area contributed by atoms with E-state index >= 15 is 0 Å². The Morgan fingerprint density at radius 1 is 0.958 bits per heavy atom. The maximum absolute atomic E-state index is 13.7. The van der Waals surface area contributed by atoms with Crippen LogP contribution in [0.25, 0.3) is 0 Å². The molecular formula is C20H26ClNOS. The van der Waals surface area contributed by atoms with E-state index in [1.54, 1.807) is 0 Å². The normalized spacial score (nSPS) is 24.2. The van der Waals surface area contributed by atoms with Crippen LogP contribution in [0.5, 0.6) is 0 Å². The first kappa shape index (κ1) is 19.2. The predicted octanol–water partition coefficient (Wildman–Crippen LogP) is 4.35. The summed E-state index contributed by atoms with van der Waals surface area (Å²) < 4.78 is 13.0. The van der Waals surface area contributed by atoms with Gasteiger partial charge in [0.15, 0.2) is 0 Å². The standard InChI is InChI=1S/C20H25NOS.ClH/c1-19(2)17-12-7-8-13-18(17)20(23(19)22,14-9-15-21-3)16-10-5-4-6-11-16;/h4-8,10-13,21H,9,14-15H2,1-3H3;1H. The van der Waals surface area contributed by atoms with Crippen molar-refractivity contribution < 1.29 is 4.21 Å². The van der Waals surface area contributed by atoms with Crippen LogP contribution in [0.3, 0.4) is 0 Å². The van der Waals surface area contributed by atoms with Gasteiger partial charge in [-0.05, 0) is 57.0 Å². The maximum Gasteiger partial charge on any atom is 0.0968 e. The summed E-state index contributed by atoms with van der Waals surface area (Å²) in [4.78, 5) is 0. The molecule has 2 unspecified atom stereocenters. The van der Waals surface area contributed by atoms with Gasteiger partial charge in [-0.1, -0.05) is 54.6 Å². The van der Waals surface area contributed by atoms with Gasteiger partial charge in [-0.15, -0.1) is 12.4 Å². The third-order valence-electron chi connectivity index (χ3n) is 4.99. The Morgan fingerprint density at radius 2 is 1.54 bits per heavy atom. The molecule has 0 fully saturated rings. The molecule has 0 spiro atoms. The van der Waals surface area contributed by atoms with Crippen molar-refractivity contribution in [2.45, 2.75) is 36.2 Å². The van der Waals surface area contributed by atoms with Gasteiger partial charge in [-0.3, -0.25) is 4.21 Å². The molecule has 1 heterocycles. The van der Waals surface area contributed by atoms with Crippen LogP contribution in [0, 0.1) is 0 Å². The SMILES string of the molecule is CNCCCC1(c2ccccc2)c2ccccc2C(C)(C)S1=O.Cl. The van der Waals surface area contributed by atoms with Crippen molar-refractivity contribution in [1.29, 1.82) is 0 Å². The van der Waals surface area contributed by atoms with E-state index in [0.717, 1.165) is 19.4 Å². The van der Waals surface area contributed by atoms with Crippen LogP contribution in [0.1, 0.15) is 43.4 Å². The summed E-state index contributed by atoms with van der Waals surface area (Å²) in [5, 5.41) is 3.22. The molecule has 0 radical (unpaired) electrons. The Balaban J connectivity index is 0.00000208. The first-order valence-corrected chi connectivity index (χ1v) is 9.42. The van der Waals surface area contributed by atoms with Gasteiger partial charge < -0.3 is 5.32 Å². The molecule has 0 amide bonds. The molecule has 130 valence electrons. The van der Waals surface area contributed by atoms with Gasteiger partial charge in [0.05, 0.1) is 9.49 Å². The average Bonchev–Trinajstić information content (AvgIpc) is 2.75. The molecule has 2 atom stereocenters. The molecule has 1 aliphatic rings. The van der Waals surface area contributed by atoms with Gasteiger partial charge in [-0.2, -0.15) is 0 Å². The summed E-state index contributed by atoms with van der Waals surface area (Å²) in [5.41, 5.74) is 3.64. The molecule has 2 nitrogen and oxygen atoms in total. The summed E-state index contributed by atoms with van der Waals surface area (Å²) >= 11 is 0. The van der Waals surface area contributed by atoms with E-state index in [2.05, 4.69) is 67.7 Å². The van der Waals surface area contributed by atoms with E-state index in [-0.39, 0.29) is 17.2 Å². The number of rotatable bonds is 5. The average molecular weight is 364 g/mol. The molecule has 0 saturated heterocycles. The van der Waals surface area contributed by atoms with Crippen LogP contribution in [0.15, 0.2) is 54.6 Å². The first-order valence-electron chi connectivity index (χ1n) is 8.27. The molecule has 4 heteroatoms. The van der Waals surface area contributed by atoms with Crippen molar-refractivity contribution in [3.8, 4) is 0 Å². The second-order valence-corrected chi connectivity index (χ2v) is 8.98. The fourth-order valence-corrected chi connectivity index (χ4v) is 6.16. The van der Waals surface area contributed by atoms with Crippen molar-refractivity contribution in [2.75, 3.05) is 13.6 Å². The molecular weight excluding hydrogens is 338 g/mol. The Bertz CT molecular complexity index is 717. The van der Waals surface area contributed by atoms with Gasteiger partial charge >= 0.3 is 0 Å². The lowest BCUT2D eigenvalue weighted by molar-refractivity contribution is 0.569. The Kier molecular flexibility index (Phi) is 5.90. The lowest BCUT2D eigenvalue weighted by Gasteiger charge is -2.32. The molecule has 1 aliphatic heterocycles. The summed E-state index contributed by atoms with van der Waals surface area (Å²) in [6.45, 7) is 5.17. The quantitative estimate of drug-likeness (QED) is 0.800. The van der Waals surface area contributed by atoms with Crippen LogP contribution >= 0.6 is 12.4 Å². The topological polar surface area (TPSA) is 29.1 Å². The van der Waals surface area contributed by atoms with Crippen molar-refractivity contribution in [3.05, 3.63) is 71.3 Å². The molecule has 0 aliphatic carbocycles. The van der Waals surface area contributed by atoms with Gasteiger partial charge in [0.1, 0.15) is 0 Å². The summed E-state index contributed by atoms with van der Waals surface area (Å²) in [7, 11) is 0.963. The molecule has 2 aromatic carbocycles. The highest BCUT2D eigenvalue weighted by Crippen LogP contribution is 2.55. The second kappa shape index (κ2) is 7.38. The third-order valence-corrected chi connectivity index (χ3v) is 7.43. The number of benzene rings is 2. The molecule has 1 N–H and O–H groups in total. The highest BCUT2D eigenvalue weighted by atomic mass is 35.5. The van der Waals surface area contributed by atoms with Crippen LogP contribution in [0.4, 0.5) is 0 Å². The molecule has 0 bridgehead atoms. The Labute approximate surface area is 153 Å². The molecule has 0 aromatic heterocycles.